The molecule has 0 aliphatic carbocycles. The molecule has 1 N–H and O–H groups in total. The van der Waals surface area contributed by atoms with Crippen LogP contribution >= 0.6 is 11.8 Å². The fourth-order valence-electron chi connectivity index (χ4n) is 5.05. The van der Waals surface area contributed by atoms with Gasteiger partial charge in [-0.1, -0.05) is 134 Å². The van der Waals surface area contributed by atoms with Crippen molar-refractivity contribution >= 4 is 40.7 Å². The van der Waals surface area contributed by atoms with Crippen molar-refractivity contribution in [3.05, 3.63) is 179 Å². The quantitative estimate of drug-likeness (QED) is 0.0944. The molecule has 4 aromatic rings. The van der Waals surface area contributed by atoms with E-state index in [0.29, 0.717) is 22.6 Å². The number of nitrogens with one attached hydrogen (secondary N) is 1. The number of halogens is 1. The van der Waals surface area contributed by atoms with Crippen LogP contribution in [0.15, 0.2) is 156 Å². The summed E-state index contributed by atoms with van der Waals surface area (Å²) in [5.74, 6) is -1.85. The van der Waals surface area contributed by atoms with Crippen LogP contribution in [0.1, 0.15) is 35.2 Å². The Balaban J connectivity index is 1.41. The zero-order valence-electron chi connectivity index (χ0n) is 26.8. The predicted octanol–water partition coefficient (Wildman–Crippen LogP) is 7.80. The number of carbonyl (C=O) groups is 3. The maximum absolute atomic E-state index is 14.2. The second kappa shape index (κ2) is 16.9. The molecule has 0 unspecified atom stereocenters. The number of nitrogens with zero attached hydrogens (tertiary/aromatic N) is 2. The monoisotopic (exact) mass is 671 g/mol. The molecular weight excluding hydrogens is 638 g/mol. The molecule has 9 heteroatoms. The lowest BCUT2D eigenvalue weighted by atomic mass is 9.99. The maximum atomic E-state index is 14.2. The summed E-state index contributed by atoms with van der Waals surface area (Å²) >= 11 is 0.983. The number of ether oxygens (including phenoxy) is 1. The van der Waals surface area contributed by atoms with E-state index in [4.69, 9.17) is 4.74 Å². The molecule has 3 amide bonds. The van der Waals surface area contributed by atoms with Crippen molar-refractivity contribution in [2.24, 2.45) is 4.99 Å². The molecule has 4 aromatic carbocycles. The van der Waals surface area contributed by atoms with Gasteiger partial charge in [-0.2, -0.15) is 4.99 Å². The number of allylic oxidation sites excluding steroid dienone is 4. The van der Waals surface area contributed by atoms with E-state index in [1.807, 2.05) is 60.7 Å². The standard InChI is InChI=1S/C40H34FN3O4S/c1-3-5-22-32(4-2)44-39(47)33(25-30-20-13-15-24-35(30)48-26-31-21-12-14-23-34(31)41)38(46)43-40(44)49-27-36(45)42-37(28-16-8-6-9-17-28)29-18-10-7-11-19-29/h3-25,37H,1,26-27H2,2H3,(H,42,45)/b22-5-,32-4+,33-25+. The zero-order valence-corrected chi connectivity index (χ0v) is 27.6. The first-order chi connectivity index (χ1) is 23.9. The molecule has 0 saturated heterocycles. The Hall–Kier alpha value is -5.80. The van der Waals surface area contributed by atoms with Gasteiger partial charge in [-0.3, -0.25) is 19.3 Å². The third-order valence-electron chi connectivity index (χ3n) is 7.47. The van der Waals surface area contributed by atoms with E-state index in [1.54, 1.807) is 73.7 Å². The SMILES string of the molecule is C=C/C=C\C(=C/C)N1C(=O)/C(=C/c2ccccc2OCc2ccccc2F)C(=O)N=C1SCC(=O)NC(c1ccccc1)c1ccccc1. The lowest BCUT2D eigenvalue weighted by Crippen LogP contribution is -2.42. The highest BCUT2D eigenvalue weighted by atomic mass is 32.2. The van der Waals surface area contributed by atoms with Crippen molar-refractivity contribution in [2.45, 2.75) is 19.6 Å². The predicted molar refractivity (Wildman–Crippen MR) is 193 cm³/mol. The van der Waals surface area contributed by atoms with E-state index in [2.05, 4.69) is 16.9 Å². The highest BCUT2D eigenvalue weighted by Crippen LogP contribution is 2.29. The second-order valence-corrected chi connectivity index (χ2v) is 11.7. The van der Waals surface area contributed by atoms with Gasteiger partial charge in [0.1, 0.15) is 23.7 Å². The average Bonchev–Trinajstić information content (AvgIpc) is 3.13. The molecule has 1 heterocycles. The highest BCUT2D eigenvalue weighted by Gasteiger charge is 2.35. The largest absolute Gasteiger partial charge is 0.488 e. The summed E-state index contributed by atoms with van der Waals surface area (Å²) < 4.78 is 20.1. The number of thioether (sulfide) groups is 1. The number of amidine groups is 1. The van der Waals surface area contributed by atoms with Gasteiger partial charge in [0.25, 0.3) is 11.8 Å². The van der Waals surface area contributed by atoms with Crippen LogP contribution in [0.5, 0.6) is 5.75 Å². The Morgan fingerprint density at radius 2 is 1.57 bits per heavy atom. The first kappa shape index (κ1) is 34.5. The smallest absolute Gasteiger partial charge is 0.285 e. The molecule has 5 rings (SSSR count). The number of aliphatic imine (C=N–C) groups is 1. The molecule has 7 nitrogen and oxygen atoms in total. The minimum absolute atomic E-state index is 0.0493. The highest BCUT2D eigenvalue weighted by molar-refractivity contribution is 8.14. The van der Waals surface area contributed by atoms with E-state index < -0.39 is 23.7 Å². The normalized spacial score (nSPS) is 14.3. The molecule has 1 aliphatic heterocycles. The third-order valence-corrected chi connectivity index (χ3v) is 8.41. The molecule has 0 atom stereocenters. The number of hydrogen-bond donors (Lipinski definition) is 1. The summed E-state index contributed by atoms with van der Waals surface area (Å²) in [4.78, 5) is 46.5. The molecule has 49 heavy (non-hydrogen) atoms. The van der Waals surface area contributed by atoms with Gasteiger partial charge in [-0.25, -0.2) is 4.39 Å². The van der Waals surface area contributed by atoms with E-state index in [-0.39, 0.29) is 29.0 Å². The average molecular weight is 672 g/mol. The van der Waals surface area contributed by atoms with Crippen molar-refractivity contribution in [2.75, 3.05) is 5.75 Å². The molecule has 0 spiro atoms. The molecule has 0 saturated carbocycles. The summed E-state index contributed by atoms with van der Waals surface area (Å²) in [6, 6.07) is 31.9. The van der Waals surface area contributed by atoms with Crippen LogP contribution < -0.4 is 10.1 Å². The van der Waals surface area contributed by atoms with Crippen molar-refractivity contribution < 1.29 is 23.5 Å². The van der Waals surface area contributed by atoms with Crippen LogP contribution in [0.2, 0.25) is 0 Å². The Morgan fingerprint density at radius 3 is 2.22 bits per heavy atom. The lowest BCUT2D eigenvalue weighted by Gasteiger charge is -2.28. The van der Waals surface area contributed by atoms with E-state index >= 15 is 0 Å². The molecule has 0 radical (unpaired) electrons. The van der Waals surface area contributed by atoms with Crippen LogP contribution in [0.25, 0.3) is 6.08 Å². The van der Waals surface area contributed by atoms with Gasteiger partial charge in [0.2, 0.25) is 5.91 Å². The van der Waals surface area contributed by atoms with E-state index in [1.165, 1.54) is 17.0 Å². The fraction of sp³-hybridized carbons (Fsp3) is 0.100. The van der Waals surface area contributed by atoms with Crippen LogP contribution in [0, 0.1) is 5.82 Å². The van der Waals surface area contributed by atoms with Gasteiger partial charge < -0.3 is 10.1 Å². The topological polar surface area (TPSA) is 88.1 Å². The zero-order chi connectivity index (χ0) is 34.6. The van der Waals surface area contributed by atoms with Gasteiger partial charge in [-0.05, 0) is 42.3 Å². The van der Waals surface area contributed by atoms with Gasteiger partial charge in [0.05, 0.1) is 11.8 Å². The summed E-state index contributed by atoms with van der Waals surface area (Å²) in [7, 11) is 0. The molecular formula is C40H34FN3O4S. The number of hydrogen-bond acceptors (Lipinski definition) is 5. The number of benzene rings is 4. The van der Waals surface area contributed by atoms with Gasteiger partial charge in [0.15, 0.2) is 5.17 Å². The van der Waals surface area contributed by atoms with Crippen molar-refractivity contribution in [3.63, 3.8) is 0 Å². The summed E-state index contributed by atoms with van der Waals surface area (Å²) in [5, 5.41) is 3.14. The lowest BCUT2D eigenvalue weighted by molar-refractivity contribution is -0.126. The molecule has 0 aromatic heterocycles. The van der Waals surface area contributed by atoms with Crippen LogP contribution in [0.4, 0.5) is 4.39 Å². The number of rotatable bonds is 12. The molecule has 0 bridgehead atoms. The second-order valence-electron chi connectivity index (χ2n) is 10.7. The van der Waals surface area contributed by atoms with Crippen molar-refractivity contribution in [1.29, 1.82) is 0 Å². The third kappa shape index (κ3) is 8.77. The number of carbonyl (C=O) groups excluding carboxylic acids is 3. The molecule has 246 valence electrons. The van der Waals surface area contributed by atoms with Gasteiger partial charge in [0, 0.05) is 16.8 Å². The molecule has 1 aliphatic rings. The fourth-order valence-corrected chi connectivity index (χ4v) is 5.86. The van der Waals surface area contributed by atoms with Crippen LogP contribution in [-0.4, -0.2) is 33.5 Å². The van der Waals surface area contributed by atoms with Crippen molar-refractivity contribution in [3.8, 4) is 5.75 Å². The Bertz CT molecular complexity index is 1920. The number of para-hydroxylation sites is 1. The van der Waals surface area contributed by atoms with Gasteiger partial charge >= 0.3 is 0 Å². The maximum Gasteiger partial charge on any atom is 0.285 e. The summed E-state index contributed by atoms with van der Waals surface area (Å²) in [6.45, 7) is 5.42. The van der Waals surface area contributed by atoms with Crippen LogP contribution in [0.3, 0.4) is 0 Å². The molecule has 0 fully saturated rings. The van der Waals surface area contributed by atoms with Gasteiger partial charge in [-0.15, -0.1) is 0 Å². The van der Waals surface area contributed by atoms with E-state index in [9.17, 15) is 18.8 Å². The Morgan fingerprint density at radius 1 is 0.939 bits per heavy atom. The minimum atomic E-state index is -0.761. The summed E-state index contributed by atoms with van der Waals surface area (Å²) in [6.07, 6.45) is 8.01. The minimum Gasteiger partial charge on any atom is -0.488 e. The first-order valence-electron chi connectivity index (χ1n) is 15.5. The summed E-state index contributed by atoms with van der Waals surface area (Å²) in [5.41, 5.74) is 2.86. The van der Waals surface area contributed by atoms with E-state index in [0.717, 1.165) is 22.9 Å². The van der Waals surface area contributed by atoms with Crippen LogP contribution in [-0.2, 0) is 21.0 Å². The first-order valence-corrected chi connectivity index (χ1v) is 16.5. The van der Waals surface area contributed by atoms with Crippen molar-refractivity contribution in [1.82, 2.24) is 10.2 Å². The number of amides is 3. The Labute approximate surface area is 289 Å². The Kier molecular flexibility index (Phi) is 11.9.